The molecule has 0 aliphatic rings. The Morgan fingerprint density at radius 3 is 2.75 bits per heavy atom. The lowest BCUT2D eigenvalue weighted by Crippen LogP contribution is -2.17. The van der Waals surface area contributed by atoms with Crippen LogP contribution in [0.15, 0.2) is 12.4 Å². The molecule has 1 N–H and O–H groups in total. The highest BCUT2D eigenvalue weighted by Gasteiger charge is 2.27. The number of rotatable bonds is 6. The van der Waals surface area contributed by atoms with Crippen molar-refractivity contribution in [3.8, 4) is 0 Å². The van der Waals surface area contributed by atoms with Crippen LogP contribution in [0.1, 0.15) is 12.0 Å². The predicted molar refractivity (Wildman–Crippen MR) is 49.6 cm³/mol. The lowest BCUT2D eigenvalue weighted by atomic mass is 10.4. The first-order chi connectivity index (χ1) is 7.51. The van der Waals surface area contributed by atoms with Crippen LogP contribution in [-0.2, 0) is 17.9 Å². The molecule has 0 aliphatic heterocycles. The molecule has 0 unspecified atom stereocenters. The predicted octanol–water partition coefficient (Wildman–Crippen LogP) is 1.34. The molecule has 0 saturated carbocycles. The number of nitrogens with zero attached hydrogens (tertiary/aromatic N) is 2. The van der Waals surface area contributed by atoms with E-state index in [0.717, 1.165) is 0 Å². The molecule has 4 nitrogen and oxygen atoms in total. The number of aryl methyl sites for hydroxylation is 1. The first-order valence-electron chi connectivity index (χ1n) is 4.78. The fraction of sp³-hybridized carbons (Fsp3) is 0.667. The topological polar surface area (TPSA) is 47.3 Å². The Balaban J connectivity index is 2.11. The SMILES string of the molecule is OCc1cnn(CCCOCC(F)(F)F)c1. The monoisotopic (exact) mass is 238 g/mol. The fourth-order valence-electron chi connectivity index (χ4n) is 1.13. The highest BCUT2D eigenvalue weighted by Crippen LogP contribution is 2.14. The molecule has 0 spiro atoms. The minimum atomic E-state index is -4.27. The molecule has 7 heteroatoms. The van der Waals surface area contributed by atoms with Gasteiger partial charge in [-0.3, -0.25) is 4.68 Å². The van der Waals surface area contributed by atoms with Crippen molar-refractivity contribution < 1.29 is 23.0 Å². The van der Waals surface area contributed by atoms with Crippen LogP contribution in [0.25, 0.3) is 0 Å². The zero-order valence-electron chi connectivity index (χ0n) is 8.57. The summed E-state index contributed by atoms with van der Waals surface area (Å²) in [5.41, 5.74) is 0.677. The number of hydrogen-bond donors (Lipinski definition) is 1. The van der Waals surface area contributed by atoms with Crippen LogP contribution >= 0.6 is 0 Å². The van der Waals surface area contributed by atoms with Crippen molar-refractivity contribution in [2.45, 2.75) is 25.7 Å². The van der Waals surface area contributed by atoms with Gasteiger partial charge in [-0.15, -0.1) is 0 Å². The van der Waals surface area contributed by atoms with Crippen LogP contribution in [-0.4, -0.2) is 34.3 Å². The van der Waals surface area contributed by atoms with Crippen LogP contribution in [0.3, 0.4) is 0 Å². The van der Waals surface area contributed by atoms with Crippen LogP contribution in [0, 0.1) is 0 Å². The number of hydrogen-bond acceptors (Lipinski definition) is 3. The van der Waals surface area contributed by atoms with Gasteiger partial charge in [0.25, 0.3) is 0 Å². The summed E-state index contributed by atoms with van der Waals surface area (Å²) in [6.45, 7) is -0.801. The molecule has 0 radical (unpaired) electrons. The lowest BCUT2D eigenvalue weighted by Gasteiger charge is -2.07. The van der Waals surface area contributed by atoms with Gasteiger partial charge in [0.1, 0.15) is 6.61 Å². The number of aliphatic hydroxyl groups excluding tert-OH is 1. The van der Waals surface area contributed by atoms with Crippen molar-refractivity contribution in [3.05, 3.63) is 18.0 Å². The highest BCUT2D eigenvalue weighted by molar-refractivity contribution is 5.01. The van der Waals surface area contributed by atoms with Gasteiger partial charge in [0.05, 0.1) is 12.8 Å². The Bertz CT molecular complexity index is 312. The molecule has 0 aromatic carbocycles. The van der Waals surface area contributed by atoms with Gasteiger partial charge in [-0.2, -0.15) is 18.3 Å². The third kappa shape index (κ3) is 5.13. The maximum Gasteiger partial charge on any atom is 0.411 e. The van der Waals surface area contributed by atoms with Gasteiger partial charge in [-0.25, -0.2) is 0 Å². The van der Waals surface area contributed by atoms with E-state index in [0.29, 0.717) is 18.5 Å². The van der Waals surface area contributed by atoms with Crippen molar-refractivity contribution in [2.75, 3.05) is 13.2 Å². The van der Waals surface area contributed by atoms with Crippen LogP contribution in [0.2, 0.25) is 0 Å². The van der Waals surface area contributed by atoms with Crippen LogP contribution in [0.5, 0.6) is 0 Å². The summed E-state index contributed by atoms with van der Waals surface area (Å²) < 4.78 is 41.0. The second-order valence-electron chi connectivity index (χ2n) is 3.29. The molecule has 0 aliphatic carbocycles. The van der Waals surface area contributed by atoms with Gasteiger partial charge in [-0.05, 0) is 6.42 Å². The Morgan fingerprint density at radius 2 is 2.19 bits per heavy atom. The Hall–Kier alpha value is -1.08. The molecular formula is C9H13F3N2O2. The maximum absolute atomic E-state index is 11.7. The highest BCUT2D eigenvalue weighted by atomic mass is 19.4. The van der Waals surface area contributed by atoms with Crippen LogP contribution < -0.4 is 0 Å². The van der Waals surface area contributed by atoms with Gasteiger partial charge in [0, 0.05) is 24.9 Å². The minimum Gasteiger partial charge on any atom is -0.392 e. The number of ether oxygens (including phenoxy) is 1. The number of alkyl halides is 3. The van der Waals surface area contributed by atoms with E-state index in [1.54, 1.807) is 10.9 Å². The maximum atomic E-state index is 11.7. The Morgan fingerprint density at radius 1 is 1.44 bits per heavy atom. The smallest absolute Gasteiger partial charge is 0.392 e. The van der Waals surface area contributed by atoms with E-state index in [4.69, 9.17) is 5.11 Å². The molecule has 92 valence electrons. The van der Waals surface area contributed by atoms with Gasteiger partial charge < -0.3 is 9.84 Å². The molecule has 16 heavy (non-hydrogen) atoms. The molecule has 1 heterocycles. The third-order valence-electron chi connectivity index (χ3n) is 1.81. The lowest BCUT2D eigenvalue weighted by molar-refractivity contribution is -0.174. The minimum absolute atomic E-state index is 0.0355. The molecular weight excluding hydrogens is 225 g/mol. The summed E-state index contributed by atoms with van der Waals surface area (Å²) in [5.74, 6) is 0. The third-order valence-corrected chi connectivity index (χ3v) is 1.81. The second-order valence-corrected chi connectivity index (χ2v) is 3.29. The Kier molecular flexibility index (Phi) is 4.75. The average molecular weight is 238 g/mol. The molecule has 0 bridgehead atoms. The van der Waals surface area contributed by atoms with Crippen molar-refractivity contribution in [2.24, 2.45) is 0 Å². The molecule has 0 fully saturated rings. The van der Waals surface area contributed by atoms with E-state index in [-0.39, 0.29) is 13.2 Å². The molecule has 1 rings (SSSR count). The Labute approximate surface area is 90.6 Å². The van der Waals surface area contributed by atoms with E-state index in [1.165, 1.54) is 6.20 Å². The van der Waals surface area contributed by atoms with Gasteiger partial charge in [-0.1, -0.05) is 0 Å². The number of aromatic nitrogens is 2. The average Bonchev–Trinajstić information content (AvgIpc) is 2.63. The fourth-order valence-corrected chi connectivity index (χ4v) is 1.13. The van der Waals surface area contributed by atoms with Crippen molar-refractivity contribution in [1.29, 1.82) is 0 Å². The first kappa shape index (κ1) is 13.0. The van der Waals surface area contributed by atoms with E-state index >= 15 is 0 Å². The van der Waals surface area contributed by atoms with E-state index in [1.807, 2.05) is 0 Å². The first-order valence-corrected chi connectivity index (χ1v) is 4.78. The second kappa shape index (κ2) is 5.86. The normalized spacial score (nSPS) is 12.0. The quantitative estimate of drug-likeness (QED) is 0.761. The van der Waals surface area contributed by atoms with E-state index in [9.17, 15) is 13.2 Å². The zero-order chi connectivity index (χ0) is 12.0. The zero-order valence-corrected chi connectivity index (χ0v) is 8.57. The van der Waals surface area contributed by atoms with E-state index in [2.05, 4.69) is 9.84 Å². The summed E-state index contributed by atoms with van der Waals surface area (Å²) in [5, 5.41) is 12.7. The van der Waals surface area contributed by atoms with Gasteiger partial charge >= 0.3 is 6.18 Å². The van der Waals surface area contributed by atoms with Gasteiger partial charge in [0.15, 0.2) is 0 Å². The van der Waals surface area contributed by atoms with Crippen molar-refractivity contribution >= 4 is 0 Å². The standard InChI is InChI=1S/C9H13F3N2O2/c10-9(11,12)7-16-3-1-2-14-5-8(6-15)4-13-14/h4-5,15H,1-3,6-7H2. The number of aliphatic hydroxyl groups is 1. The molecule has 0 amide bonds. The molecule has 1 aromatic rings. The summed E-state index contributed by atoms with van der Waals surface area (Å²) in [7, 11) is 0. The summed E-state index contributed by atoms with van der Waals surface area (Å²) in [6, 6.07) is 0. The summed E-state index contributed by atoms with van der Waals surface area (Å²) in [4.78, 5) is 0. The van der Waals surface area contributed by atoms with Crippen molar-refractivity contribution in [1.82, 2.24) is 9.78 Å². The van der Waals surface area contributed by atoms with Crippen LogP contribution in [0.4, 0.5) is 13.2 Å². The van der Waals surface area contributed by atoms with E-state index < -0.39 is 12.8 Å². The summed E-state index contributed by atoms with van der Waals surface area (Å²) in [6.07, 6.45) is -0.668. The molecule has 0 saturated heterocycles. The summed E-state index contributed by atoms with van der Waals surface area (Å²) >= 11 is 0. The van der Waals surface area contributed by atoms with Gasteiger partial charge in [0.2, 0.25) is 0 Å². The molecule has 1 aromatic heterocycles. The largest absolute Gasteiger partial charge is 0.411 e. The number of halogens is 3. The van der Waals surface area contributed by atoms with Crippen molar-refractivity contribution in [3.63, 3.8) is 0 Å². The molecule has 0 atom stereocenters.